The van der Waals surface area contributed by atoms with Crippen molar-refractivity contribution in [1.29, 1.82) is 0 Å². The lowest BCUT2D eigenvalue weighted by molar-refractivity contribution is 0.336. The van der Waals surface area contributed by atoms with Crippen LogP contribution in [0.5, 0.6) is 5.75 Å². The fourth-order valence-corrected chi connectivity index (χ4v) is 3.39. The molecule has 7 nitrogen and oxygen atoms in total. The highest BCUT2D eigenvalue weighted by Crippen LogP contribution is 2.22. The van der Waals surface area contributed by atoms with E-state index >= 15 is 0 Å². The molecule has 0 spiro atoms. The first kappa shape index (κ1) is 17.1. The SMILES string of the molecule is COc1cccc(-c2noc(CN(C)S(=O)(=O)c3ccccc3)n2)c1. The first-order chi connectivity index (χ1) is 12.0. The van der Waals surface area contributed by atoms with Gasteiger partial charge in [0, 0.05) is 12.6 Å². The Labute approximate surface area is 145 Å². The van der Waals surface area contributed by atoms with E-state index in [1.807, 2.05) is 18.2 Å². The number of hydrogen-bond acceptors (Lipinski definition) is 6. The fourth-order valence-electron chi connectivity index (χ4n) is 2.25. The van der Waals surface area contributed by atoms with Gasteiger partial charge in [-0.2, -0.15) is 9.29 Å². The first-order valence-corrected chi connectivity index (χ1v) is 8.93. The monoisotopic (exact) mass is 359 g/mol. The molecule has 0 saturated heterocycles. The molecule has 0 aliphatic rings. The maximum Gasteiger partial charge on any atom is 0.243 e. The number of hydrogen-bond donors (Lipinski definition) is 0. The van der Waals surface area contributed by atoms with Gasteiger partial charge in [0.15, 0.2) is 0 Å². The molecule has 25 heavy (non-hydrogen) atoms. The van der Waals surface area contributed by atoms with Gasteiger partial charge in [-0.25, -0.2) is 8.42 Å². The van der Waals surface area contributed by atoms with E-state index in [9.17, 15) is 8.42 Å². The maximum atomic E-state index is 12.5. The summed E-state index contributed by atoms with van der Waals surface area (Å²) in [5.74, 6) is 1.26. The van der Waals surface area contributed by atoms with Gasteiger partial charge < -0.3 is 9.26 Å². The number of ether oxygens (including phenoxy) is 1. The molecule has 0 radical (unpaired) electrons. The van der Waals surface area contributed by atoms with Gasteiger partial charge in [-0.05, 0) is 24.3 Å². The van der Waals surface area contributed by atoms with Gasteiger partial charge in [0.1, 0.15) is 5.75 Å². The lowest BCUT2D eigenvalue weighted by atomic mass is 10.2. The van der Waals surface area contributed by atoms with E-state index in [2.05, 4.69) is 10.1 Å². The molecule has 8 heteroatoms. The Kier molecular flexibility index (Phi) is 4.82. The molecule has 0 amide bonds. The Bertz CT molecular complexity index is 955. The maximum absolute atomic E-state index is 12.5. The summed E-state index contributed by atoms with van der Waals surface area (Å²) in [6, 6.07) is 15.4. The third-order valence-corrected chi connectivity index (χ3v) is 5.42. The zero-order valence-electron chi connectivity index (χ0n) is 13.8. The summed E-state index contributed by atoms with van der Waals surface area (Å²) in [4.78, 5) is 4.48. The van der Waals surface area contributed by atoms with Crippen molar-refractivity contribution in [2.24, 2.45) is 0 Å². The van der Waals surface area contributed by atoms with Crippen LogP contribution in [-0.4, -0.2) is 37.0 Å². The molecule has 0 aliphatic carbocycles. The fraction of sp³-hybridized carbons (Fsp3) is 0.176. The number of nitrogens with zero attached hydrogens (tertiary/aromatic N) is 3. The van der Waals surface area contributed by atoms with Gasteiger partial charge in [-0.1, -0.05) is 35.5 Å². The quantitative estimate of drug-likeness (QED) is 0.672. The van der Waals surface area contributed by atoms with Crippen LogP contribution in [0.15, 0.2) is 64.0 Å². The number of sulfonamides is 1. The van der Waals surface area contributed by atoms with E-state index in [4.69, 9.17) is 9.26 Å². The molecule has 2 aromatic carbocycles. The average Bonchev–Trinajstić information content (AvgIpc) is 3.11. The Morgan fingerprint density at radius 2 is 1.88 bits per heavy atom. The van der Waals surface area contributed by atoms with Crippen molar-refractivity contribution >= 4 is 10.0 Å². The molecule has 0 saturated carbocycles. The lowest BCUT2D eigenvalue weighted by Gasteiger charge is -2.14. The Morgan fingerprint density at radius 3 is 2.60 bits per heavy atom. The summed E-state index contributed by atoms with van der Waals surface area (Å²) >= 11 is 0. The van der Waals surface area contributed by atoms with Crippen LogP contribution in [-0.2, 0) is 16.6 Å². The smallest absolute Gasteiger partial charge is 0.243 e. The number of methoxy groups -OCH3 is 1. The molecule has 0 bridgehead atoms. The zero-order valence-corrected chi connectivity index (χ0v) is 14.6. The van der Waals surface area contributed by atoms with Crippen LogP contribution >= 0.6 is 0 Å². The molecule has 1 heterocycles. The van der Waals surface area contributed by atoms with Crippen molar-refractivity contribution in [3.8, 4) is 17.1 Å². The Morgan fingerprint density at radius 1 is 1.12 bits per heavy atom. The average molecular weight is 359 g/mol. The molecule has 1 aromatic heterocycles. The Balaban J connectivity index is 1.79. The standard InChI is InChI=1S/C17H17N3O4S/c1-20(25(21,22)15-9-4-3-5-10-15)12-16-18-17(19-24-16)13-7-6-8-14(11-13)23-2/h3-11H,12H2,1-2H3. The summed E-state index contributed by atoms with van der Waals surface area (Å²) in [5.41, 5.74) is 0.725. The van der Waals surface area contributed by atoms with Crippen LogP contribution in [0.1, 0.15) is 5.89 Å². The van der Waals surface area contributed by atoms with Crippen LogP contribution in [0.25, 0.3) is 11.4 Å². The molecule has 3 rings (SSSR count). The van der Waals surface area contributed by atoms with E-state index in [-0.39, 0.29) is 17.3 Å². The van der Waals surface area contributed by atoms with Gasteiger partial charge >= 0.3 is 0 Å². The van der Waals surface area contributed by atoms with Crippen LogP contribution in [0.3, 0.4) is 0 Å². The second-order valence-corrected chi connectivity index (χ2v) is 7.36. The molecule has 0 aliphatic heterocycles. The second-order valence-electron chi connectivity index (χ2n) is 5.32. The molecule has 130 valence electrons. The molecule has 0 atom stereocenters. The number of aromatic nitrogens is 2. The minimum absolute atomic E-state index is 0.0196. The zero-order chi connectivity index (χ0) is 17.9. The van der Waals surface area contributed by atoms with Crippen molar-refractivity contribution in [2.45, 2.75) is 11.4 Å². The van der Waals surface area contributed by atoms with Crippen molar-refractivity contribution in [3.63, 3.8) is 0 Å². The number of benzene rings is 2. The highest BCUT2D eigenvalue weighted by molar-refractivity contribution is 7.89. The normalized spacial score (nSPS) is 11.6. The van der Waals surface area contributed by atoms with Crippen LogP contribution in [0, 0.1) is 0 Å². The van der Waals surface area contributed by atoms with Crippen molar-refractivity contribution in [3.05, 3.63) is 60.5 Å². The highest BCUT2D eigenvalue weighted by atomic mass is 32.2. The summed E-state index contributed by atoms with van der Waals surface area (Å²) in [6.07, 6.45) is 0. The van der Waals surface area contributed by atoms with E-state index in [0.717, 1.165) is 5.56 Å². The summed E-state index contributed by atoms with van der Waals surface area (Å²) in [5, 5.41) is 3.91. The molecular formula is C17H17N3O4S. The van der Waals surface area contributed by atoms with Gasteiger partial charge in [-0.15, -0.1) is 0 Å². The van der Waals surface area contributed by atoms with Gasteiger partial charge in [0.05, 0.1) is 18.6 Å². The van der Waals surface area contributed by atoms with Gasteiger partial charge in [0.2, 0.25) is 21.7 Å². The molecule has 0 fully saturated rings. The predicted octanol–water partition coefficient (Wildman–Crippen LogP) is 2.57. The Hall–Kier alpha value is -2.71. The topological polar surface area (TPSA) is 85.5 Å². The predicted molar refractivity (Wildman–Crippen MR) is 91.4 cm³/mol. The highest BCUT2D eigenvalue weighted by Gasteiger charge is 2.23. The molecule has 0 N–H and O–H groups in total. The lowest BCUT2D eigenvalue weighted by Crippen LogP contribution is -2.26. The summed E-state index contributed by atoms with van der Waals surface area (Å²) < 4.78 is 36.6. The summed E-state index contributed by atoms with van der Waals surface area (Å²) in [6.45, 7) is -0.0196. The van der Waals surface area contributed by atoms with Crippen LogP contribution in [0.4, 0.5) is 0 Å². The van der Waals surface area contributed by atoms with Gasteiger partial charge in [-0.3, -0.25) is 0 Å². The van der Waals surface area contributed by atoms with Crippen molar-refractivity contribution < 1.29 is 17.7 Å². The van der Waals surface area contributed by atoms with E-state index in [0.29, 0.717) is 11.6 Å². The third-order valence-electron chi connectivity index (χ3n) is 3.61. The van der Waals surface area contributed by atoms with Crippen molar-refractivity contribution in [2.75, 3.05) is 14.2 Å². The molecule has 3 aromatic rings. The van der Waals surface area contributed by atoms with Crippen molar-refractivity contribution in [1.82, 2.24) is 14.4 Å². The summed E-state index contributed by atoms with van der Waals surface area (Å²) in [7, 11) is -0.574. The minimum atomic E-state index is -3.62. The third kappa shape index (κ3) is 3.70. The second kappa shape index (κ2) is 7.04. The van der Waals surface area contributed by atoms with E-state index in [1.54, 1.807) is 43.5 Å². The van der Waals surface area contributed by atoms with Gasteiger partial charge in [0.25, 0.3) is 0 Å². The number of rotatable bonds is 6. The largest absolute Gasteiger partial charge is 0.497 e. The molecular weight excluding hydrogens is 342 g/mol. The van der Waals surface area contributed by atoms with E-state index in [1.165, 1.54) is 11.4 Å². The minimum Gasteiger partial charge on any atom is -0.497 e. The van der Waals surface area contributed by atoms with Crippen LogP contribution in [0.2, 0.25) is 0 Å². The van der Waals surface area contributed by atoms with Crippen LogP contribution < -0.4 is 4.74 Å². The molecule has 0 unspecified atom stereocenters. The van der Waals surface area contributed by atoms with E-state index < -0.39 is 10.0 Å². The first-order valence-electron chi connectivity index (χ1n) is 7.49.